The number of halogens is 2. The van der Waals surface area contributed by atoms with Gasteiger partial charge in [-0.3, -0.25) is 4.79 Å². The molecule has 0 bridgehead atoms. The Labute approximate surface area is 153 Å². The number of hydrogen-bond donors (Lipinski definition) is 0. The molecule has 0 N–H and O–H groups in total. The normalized spacial score (nSPS) is 17.8. The number of anilines is 1. The third-order valence-corrected chi connectivity index (χ3v) is 5.24. The molecule has 1 aliphatic heterocycles. The van der Waals surface area contributed by atoms with Gasteiger partial charge in [0.2, 0.25) is 5.91 Å². The van der Waals surface area contributed by atoms with Crippen LogP contribution < -0.4 is 9.64 Å². The summed E-state index contributed by atoms with van der Waals surface area (Å²) in [7, 11) is -4.58. The molecule has 1 amide bonds. The summed E-state index contributed by atoms with van der Waals surface area (Å²) in [5.74, 6) is -0.0709. The Balaban J connectivity index is 1.68. The van der Waals surface area contributed by atoms with Gasteiger partial charge in [0.05, 0.1) is 5.75 Å². The molecule has 3 rings (SSSR count). The van der Waals surface area contributed by atoms with Gasteiger partial charge in [0, 0.05) is 29.0 Å². The van der Waals surface area contributed by atoms with E-state index in [1.54, 1.807) is 24.3 Å². The number of carbonyl (C=O) groups excluding carboxylic acids is 1. The topological polar surface area (TPSA) is 63.7 Å². The zero-order valence-electron chi connectivity index (χ0n) is 13.1. The maximum atomic E-state index is 12.8. The van der Waals surface area contributed by atoms with Crippen LogP contribution >= 0.6 is 15.9 Å². The number of ether oxygens (including phenoxy) is 1. The largest absolute Gasteiger partial charge is 0.457 e. The molecule has 2 aromatic carbocycles. The van der Waals surface area contributed by atoms with Crippen molar-refractivity contribution in [2.75, 3.05) is 17.2 Å². The van der Waals surface area contributed by atoms with Crippen LogP contribution in [0.1, 0.15) is 6.42 Å². The number of rotatable bonds is 5. The molecule has 1 fully saturated rings. The number of hydrogen-bond acceptors (Lipinski definition) is 4. The molecule has 0 saturated carbocycles. The van der Waals surface area contributed by atoms with E-state index in [0.29, 0.717) is 17.2 Å². The first-order valence-electron chi connectivity index (χ1n) is 7.56. The Morgan fingerprint density at radius 1 is 1.08 bits per heavy atom. The monoisotopic (exact) mass is 427 g/mol. The standard InChI is InChI=1S/C17H15BrFNO4S/c18-13-1-5-15(6-2-13)24-16-7-3-14(4-8-16)20-10-12(9-17(20)21)11-25(19,22)23/h1-8,12H,9-11H2. The molecule has 1 heterocycles. The zero-order chi connectivity index (χ0) is 18.0. The SMILES string of the molecule is O=C1CC(CS(=O)(=O)F)CN1c1ccc(Oc2ccc(Br)cc2)cc1. The van der Waals surface area contributed by atoms with Crippen molar-refractivity contribution in [3.05, 3.63) is 53.0 Å². The predicted octanol–water partition coefficient (Wildman–Crippen LogP) is 3.89. The lowest BCUT2D eigenvalue weighted by atomic mass is 10.1. The molecule has 0 aliphatic carbocycles. The number of benzene rings is 2. The van der Waals surface area contributed by atoms with Crippen molar-refractivity contribution >= 4 is 37.7 Å². The van der Waals surface area contributed by atoms with Gasteiger partial charge in [-0.25, -0.2) is 0 Å². The van der Waals surface area contributed by atoms with Crippen molar-refractivity contribution in [3.8, 4) is 11.5 Å². The summed E-state index contributed by atoms with van der Waals surface area (Å²) < 4.78 is 41.0. The van der Waals surface area contributed by atoms with Gasteiger partial charge in [0.1, 0.15) is 11.5 Å². The van der Waals surface area contributed by atoms with Crippen molar-refractivity contribution in [1.29, 1.82) is 0 Å². The van der Waals surface area contributed by atoms with E-state index in [9.17, 15) is 17.1 Å². The Kier molecular flexibility index (Phi) is 5.10. The average Bonchev–Trinajstić information content (AvgIpc) is 2.89. The molecule has 0 spiro atoms. The summed E-state index contributed by atoms with van der Waals surface area (Å²) in [6, 6.07) is 14.3. The van der Waals surface area contributed by atoms with Crippen LogP contribution in [-0.4, -0.2) is 26.6 Å². The van der Waals surface area contributed by atoms with Crippen LogP contribution in [0.4, 0.5) is 9.57 Å². The Morgan fingerprint density at radius 2 is 1.64 bits per heavy atom. The van der Waals surface area contributed by atoms with Gasteiger partial charge < -0.3 is 9.64 Å². The first-order valence-corrected chi connectivity index (χ1v) is 9.91. The highest BCUT2D eigenvalue weighted by molar-refractivity contribution is 9.10. The van der Waals surface area contributed by atoms with Crippen LogP contribution in [-0.2, 0) is 15.0 Å². The van der Waals surface area contributed by atoms with Gasteiger partial charge in [-0.1, -0.05) is 15.9 Å². The number of carbonyl (C=O) groups is 1. The van der Waals surface area contributed by atoms with Crippen LogP contribution in [0, 0.1) is 5.92 Å². The van der Waals surface area contributed by atoms with Gasteiger partial charge in [0.25, 0.3) is 0 Å². The van der Waals surface area contributed by atoms with Crippen LogP contribution in [0.25, 0.3) is 0 Å². The van der Waals surface area contributed by atoms with Gasteiger partial charge >= 0.3 is 10.2 Å². The van der Waals surface area contributed by atoms with E-state index in [4.69, 9.17) is 4.74 Å². The molecule has 132 valence electrons. The van der Waals surface area contributed by atoms with Gasteiger partial charge in [-0.15, -0.1) is 3.89 Å². The number of nitrogens with zero attached hydrogens (tertiary/aromatic N) is 1. The van der Waals surface area contributed by atoms with E-state index >= 15 is 0 Å². The molecule has 1 atom stereocenters. The number of amides is 1. The van der Waals surface area contributed by atoms with Gasteiger partial charge in [-0.05, 0) is 48.5 Å². The molecule has 1 aliphatic rings. The Morgan fingerprint density at radius 3 is 2.20 bits per heavy atom. The van der Waals surface area contributed by atoms with Crippen LogP contribution in [0.5, 0.6) is 11.5 Å². The third kappa shape index (κ3) is 4.79. The molecule has 0 radical (unpaired) electrons. The van der Waals surface area contributed by atoms with E-state index in [-0.39, 0.29) is 18.9 Å². The highest BCUT2D eigenvalue weighted by Crippen LogP contribution is 2.29. The summed E-state index contributed by atoms with van der Waals surface area (Å²) in [5, 5.41) is 0. The fourth-order valence-corrected chi connectivity index (χ4v) is 3.81. The quantitative estimate of drug-likeness (QED) is 0.678. The molecule has 5 nitrogen and oxygen atoms in total. The molecule has 8 heteroatoms. The first kappa shape index (κ1) is 17.9. The zero-order valence-corrected chi connectivity index (χ0v) is 15.5. The molecule has 1 unspecified atom stereocenters. The molecule has 2 aromatic rings. The second-order valence-corrected chi connectivity index (χ2v) is 8.16. The molecule has 0 aromatic heterocycles. The fraction of sp³-hybridized carbons (Fsp3) is 0.235. The summed E-state index contributed by atoms with van der Waals surface area (Å²) in [6.45, 7) is 0.189. The van der Waals surface area contributed by atoms with Crippen LogP contribution in [0.3, 0.4) is 0 Å². The minimum absolute atomic E-state index is 0.0281. The van der Waals surface area contributed by atoms with E-state index in [1.807, 2.05) is 24.3 Å². The summed E-state index contributed by atoms with van der Waals surface area (Å²) in [4.78, 5) is 13.5. The Bertz CT molecular complexity index is 869. The lowest BCUT2D eigenvalue weighted by Crippen LogP contribution is -2.25. The Hall–Kier alpha value is -1.93. The van der Waals surface area contributed by atoms with Gasteiger partial charge in [-0.2, -0.15) is 8.42 Å². The average molecular weight is 428 g/mol. The minimum Gasteiger partial charge on any atom is -0.457 e. The lowest BCUT2D eigenvalue weighted by Gasteiger charge is -2.17. The summed E-state index contributed by atoms with van der Waals surface area (Å²) in [6.07, 6.45) is 0.0281. The van der Waals surface area contributed by atoms with E-state index in [2.05, 4.69) is 15.9 Å². The van der Waals surface area contributed by atoms with E-state index < -0.39 is 21.9 Å². The molecular formula is C17H15BrFNO4S. The van der Waals surface area contributed by atoms with Crippen molar-refractivity contribution < 1.29 is 21.8 Å². The van der Waals surface area contributed by atoms with Crippen LogP contribution in [0.2, 0.25) is 0 Å². The second kappa shape index (κ2) is 7.13. The van der Waals surface area contributed by atoms with E-state index in [0.717, 1.165) is 4.47 Å². The van der Waals surface area contributed by atoms with Crippen LogP contribution in [0.15, 0.2) is 53.0 Å². The van der Waals surface area contributed by atoms with Gasteiger partial charge in [0.15, 0.2) is 0 Å². The summed E-state index contributed by atoms with van der Waals surface area (Å²) >= 11 is 3.35. The third-order valence-electron chi connectivity index (χ3n) is 3.84. The van der Waals surface area contributed by atoms with E-state index in [1.165, 1.54) is 4.90 Å². The molecule has 25 heavy (non-hydrogen) atoms. The summed E-state index contributed by atoms with van der Waals surface area (Å²) in [5.41, 5.74) is 0.631. The minimum atomic E-state index is -4.58. The van der Waals surface area contributed by atoms with Crippen molar-refractivity contribution in [2.24, 2.45) is 5.92 Å². The lowest BCUT2D eigenvalue weighted by molar-refractivity contribution is -0.117. The highest BCUT2D eigenvalue weighted by Gasteiger charge is 2.33. The maximum absolute atomic E-state index is 12.8. The highest BCUT2D eigenvalue weighted by atomic mass is 79.9. The maximum Gasteiger partial charge on any atom is 0.302 e. The predicted molar refractivity (Wildman–Crippen MR) is 96.0 cm³/mol. The molecular weight excluding hydrogens is 413 g/mol. The first-order chi connectivity index (χ1) is 11.8. The van der Waals surface area contributed by atoms with Crippen molar-refractivity contribution in [2.45, 2.75) is 6.42 Å². The fourth-order valence-electron chi connectivity index (χ4n) is 2.76. The van der Waals surface area contributed by atoms with Crippen molar-refractivity contribution in [3.63, 3.8) is 0 Å². The molecule has 1 saturated heterocycles. The van der Waals surface area contributed by atoms with Crippen molar-refractivity contribution in [1.82, 2.24) is 0 Å². The second-order valence-electron chi connectivity index (χ2n) is 5.83. The smallest absolute Gasteiger partial charge is 0.302 e.